The van der Waals surface area contributed by atoms with Crippen molar-refractivity contribution in [1.82, 2.24) is 0 Å². The summed E-state index contributed by atoms with van der Waals surface area (Å²) in [5, 5.41) is 10.7. The predicted molar refractivity (Wildman–Crippen MR) is 72.7 cm³/mol. The van der Waals surface area contributed by atoms with Crippen LogP contribution in [0.25, 0.3) is 0 Å². The number of nitrogens with zero attached hydrogens (tertiary/aromatic N) is 1. The highest BCUT2D eigenvalue weighted by Crippen LogP contribution is 2.31. The number of benzene rings is 1. The molecule has 0 heterocycles. The Morgan fingerprint density at radius 1 is 1.32 bits per heavy atom. The fourth-order valence-electron chi connectivity index (χ4n) is 1.39. The number of hydrogen-bond acceptors (Lipinski definition) is 4. The normalized spacial score (nSPS) is 11.2. The number of esters is 1. The fourth-order valence-corrected chi connectivity index (χ4v) is 1.87. The second-order valence-corrected chi connectivity index (χ2v) is 5.73. The smallest absolute Gasteiger partial charge is 0.310 e. The Morgan fingerprint density at radius 3 is 2.37 bits per heavy atom. The minimum Gasteiger partial charge on any atom is -0.460 e. The van der Waals surface area contributed by atoms with E-state index in [1.54, 1.807) is 20.8 Å². The first kappa shape index (κ1) is 15.7. The first-order valence-electron chi connectivity index (χ1n) is 5.44. The number of carbonyl (C=O) groups excluding carboxylic acids is 1. The van der Waals surface area contributed by atoms with E-state index in [9.17, 15) is 14.9 Å². The molecule has 0 N–H and O–H groups in total. The van der Waals surface area contributed by atoms with Crippen LogP contribution >= 0.6 is 23.2 Å². The van der Waals surface area contributed by atoms with Gasteiger partial charge in [-0.25, -0.2) is 0 Å². The van der Waals surface area contributed by atoms with E-state index < -0.39 is 16.5 Å². The Hall–Kier alpha value is -1.33. The molecule has 5 nitrogen and oxygen atoms in total. The first-order valence-corrected chi connectivity index (χ1v) is 6.20. The Kier molecular flexibility index (Phi) is 4.76. The Morgan fingerprint density at radius 2 is 1.89 bits per heavy atom. The summed E-state index contributed by atoms with van der Waals surface area (Å²) in [6, 6.07) is 2.44. The van der Waals surface area contributed by atoms with Crippen LogP contribution in [0.3, 0.4) is 0 Å². The summed E-state index contributed by atoms with van der Waals surface area (Å²) in [6.07, 6.45) is -0.0895. The molecule has 0 aliphatic carbocycles. The van der Waals surface area contributed by atoms with Crippen molar-refractivity contribution in [2.75, 3.05) is 0 Å². The van der Waals surface area contributed by atoms with Crippen LogP contribution in [0.4, 0.5) is 5.69 Å². The molecular formula is C12H13Cl2NO4. The number of nitro benzene ring substituents is 1. The van der Waals surface area contributed by atoms with Gasteiger partial charge in [0.15, 0.2) is 0 Å². The lowest BCUT2D eigenvalue weighted by Crippen LogP contribution is -2.25. The molecule has 19 heavy (non-hydrogen) atoms. The van der Waals surface area contributed by atoms with Crippen molar-refractivity contribution in [2.24, 2.45) is 0 Å². The molecule has 0 aliphatic rings. The molecule has 0 fully saturated rings. The van der Waals surface area contributed by atoms with Crippen molar-refractivity contribution >= 4 is 34.9 Å². The zero-order valence-electron chi connectivity index (χ0n) is 10.7. The van der Waals surface area contributed by atoms with Crippen LogP contribution in [0.15, 0.2) is 12.1 Å². The number of ether oxygens (including phenoxy) is 1. The van der Waals surface area contributed by atoms with Crippen LogP contribution in [0.5, 0.6) is 0 Å². The molecule has 1 aromatic rings. The van der Waals surface area contributed by atoms with Crippen LogP contribution < -0.4 is 0 Å². The summed E-state index contributed by atoms with van der Waals surface area (Å²) in [5.74, 6) is -0.473. The Bertz CT molecular complexity index is 523. The highest BCUT2D eigenvalue weighted by molar-refractivity contribution is 6.35. The van der Waals surface area contributed by atoms with E-state index >= 15 is 0 Å². The van der Waals surface area contributed by atoms with E-state index in [1.807, 2.05) is 0 Å². The van der Waals surface area contributed by atoms with Crippen molar-refractivity contribution in [1.29, 1.82) is 0 Å². The van der Waals surface area contributed by atoms with Gasteiger partial charge in [-0.05, 0) is 32.4 Å². The molecule has 0 unspecified atom stereocenters. The van der Waals surface area contributed by atoms with Crippen LogP contribution in [0, 0.1) is 10.1 Å². The molecule has 0 bridgehead atoms. The van der Waals surface area contributed by atoms with Gasteiger partial charge in [0.05, 0.1) is 16.4 Å². The van der Waals surface area contributed by atoms with Gasteiger partial charge in [0.25, 0.3) is 5.69 Å². The summed E-state index contributed by atoms with van der Waals surface area (Å²) in [5.41, 5.74) is -0.500. The monoisotopic (exact) mass is 305 g/mol. The van der Waals surface area contributed by atoms with Gasteiger partial charge < -0.3 is 4.74 Å². The largest absolute Gasteiger partial charge is 0.460 e. The number of carbonyl (C=O) groups is 1. The summed E-state index contributed by atoms with van der Waals surface area (Å²) < 4.78 is 5.14. The summed E-state index contributed by atoms with van der Waals surface area (Å²) in [7, 11) is 0. The van der Waals surface area contributed by atoms with Crippen LogP contribution in [-0.4, -0.2) is 16.5 Å². The maximum absolute atomic E-state index is 11.7. The number of halogens is 2. The fraction of sp³-hybridized carbons (Fsp3) is 0.417. The second-order valence-electron chi connectivity index (χ2n) is 4.92. The Labute approximate surface area is 120 Å². The molecular weight excluding hydrogens is 293 g/mol. The minimum absolute atomic E-state index is 0.0621. The van der Waals surface area contributed by atoms with E-state index in [0.717, 1.165) is 6.07 Å². The molecule has 1 aromatic carbocycles. The quantitative estimate of drug-likeness (QED) is 0.484. The zero-order valence-corrected chi connectivity index (χ0v) is 12.2. The van der Waals surface area contributed by atoms with Gasteiger partial charge in [-0.1, -0.05) is 23.2 Å². The van der Waals surface area contributed by atoms with Crippen LogP contribution in [-0.2, 0) is 16.0 Å². The molecule has 0 aliphatic heterocycles. The molecule has 0 saturated heterocycles. The SMILES string of the molecule is CC(C)(C)OC(=O)Cc1cc(Cl)c([N+](=O)[O-])cc1Cl. The maximum Gasteiger partial charge on any atom is 0.310 e. The van der Waals surface area contributed by atoms with Crippen molar-refractivity contribution in [3.05, 3.63) is 37.9 Å². The third-order valence-electron chi connectivity index (χ3n) is 2.07. The number of nitro groups is 1. The highest BCUT2D eigenvalue weighted by atomic mass is 35.5. The highest BCUT2D eigenvalue weighted by Gasteiger charge is 2.20. The number of hydrogen-bond donors (Lipinski definition) is 0. The molecule has 0 spiro atoms. The summed E-state index contributed by atoms with van der Waals surface area (Å²) in [4.78, 5) is 21.7. The van der Waals surface area contributed by atoms with Gasteiger partial charge in [-0.15, -0.1) is 0 Å². The molecule has 0 atom stereocenters. The van der Waals surface area contributed by atoms with Crippen LogP contribution in [0.1, 0.15) is 26.3 Å². The maximum atomic E-state index is 11.7. The number of rotatable bonds is 3. The third kappa shape index (κ3) is 4.69. The summed E-state index contributed by atoms with van der Waals surface area (Å²) in [6.45, 7) is 5.24. The van der Waals surface area contributed by atoms with Gasteiger partial charge in [-0.3, -0.25) is 14.9 Å². The van der Waals surface area contributed by atoms with E-state index in [2.05, 4.69) is 0 Å². The minimum atomic E-state index is -0.633. The van der Waals surface area contributed by atoms with Gasteiger partial charge >= 0.3 is 5.97 Å². The summed E-state index contributed by atoms with van der Waals surface area (Å²) >= 11 is 11.7. The van der Waals surface area contributed by atoms with Crippen molar-refractivity contribution < 1.29 is 14.5 Å². The van der Waals surface area contributed by atoms with Crippen molar-refractivity contribution in [3.8, 4) is 0 Å². The Balaban J connectivity index is 2.95. The average Bonchev–Trinajstić information content (AvgIpc) is 2.19. The zero-order chi connectivity index (χ0) is 14.8. The molecule has 0 aromatic heterocycles. The van der Waals surface area contributed by atoms with E-state index in [-0.39, 0.29) is 22.2 Å². The lowest BCUT2D eigenvalue weighted by Gasteiger charge is -2.19. The molecule has 7 heteroatoms. The van der Waals surface area contributed by atoms with Gasteiger partial charge in [-0.2, -0.15) is 0 Å². The van der Waals surface area contributed by atoms with E-state index in [1.165, 1.54) is 6.07 Å². The molecule has 104 valence electrons. The molecule has 0 saturated carbocycles. The lowest BCUT2D eigenvalue weighted by atomic mass is 10.1. The molecule has 1 rings (SSSR count). The van der Waals surface area contributed by atoms with E-state index in [4.69, 9.17) is 27.9 Å². The van der Waals surface area contributed by atoms with Gasteiger partial charge in [0.2, 0.25) is 0 Å². The molecule has 0 amide bonds. The second kappa shape index (κ2) is 5.75. The topological polar surface area (TPSA) is 69.4 Å². The van der Waals surface area contributed by atoms with Gasteiger partial charge in [0, 0.05) is 6.07 Å². The predicted octanol–water partition coefficient (Wildman–Crippen LogP) is 3.79. The molecule has 0 radical (unpaired) electrons. The first-order chi connectivity index (χ1) is 8.60. The average molecular weight is 306 g/mol. The van der Waals surface area contributed by atoms with Crippen LogP contribution in [0.2, 0.25) is 10.0 Å². The van der Waals surface area contributed by atoms with Crippen molar-refractivity contribution in [3.63, 3.8) is 0 Å². The van der Waals surface area contributed by atoms with E-state index in [0.29, 0.717) is 5.56 Å². The lowest BCUT2D eigenvalue weighted by molar-refractivity contribution is -0.384. The van der Waals surface area contributed by atoms with Gasteiger partial charge in [0.1, 0.15) is 10.6 Å². The van der Waals surface area contributed by atoms with Crippen molar-refractivity contribution in [2.45, 2.75) is 32.8 Å². The standard InChI is InChI=1S/C12H13Cl2NO4/c1-12(2,3)19-11(16)5-7-4-9(14)10(15(17)18)6-8(7)13/h4,6H,5H2,1-3H3. The third-order valence-corrected chi connectivity index (χ3v) is 2.72.